The summed E-state index contributed by atoms with van der Waals surface area (Å²) in [5, 5.41) is 2.79. The number of carbonyl (C=O) groups excluding carboxylic acids is 1. The van der Waals surface area contributed by atoms with Crippen molar-refractivity contribution in [3.63, 3.8) is 0 Å². The maximum Gasteiger partial charge on any atom is 0.407 e. The lowest BCUT2D eigenvalue weighted by molar-refractivity contribution is 0.0972. The fraction of sp³-hybridized carbons (Fsp3) is 0.269. The van der Waals surface area contributed by atoms with Crippen molar-refractivity contribution in [1.82, 2.24) is 5.32 Å². The molecule has 0 aliphatic heterocycles. The van der Waals surface area contributed by atoms with Crippen molar-refractivity contribution in [2.45, 2.75) is 12.3 Å². The van der Waals surface area contributed by atoms with Gasteiger partial charge in [0.25, 0.3) is 0 Å². The van der Waals surface area contributed by atoms with Gasteiger partial charge in [0.05, 0.1) is 6.61 Å². The summed E-state index contributed by atoms with van der Waals surface area (Å²) in [5.74, 6) is 0.831. The van der Waals surface area contributed by atoms with Gasteiger partial charge >= 0.3 is 6.09 Å². The van der Waals surface area contributed by atoms with Gasteiger partial charge in [0.2, 0.25) is 0 Å². The van der Waals surface area contributed by atoms with Crippen LogP contribution < -0.4 is 15.8 Å². The van der Waals surface area contributed by atoms with Crippen molar-refractivity contribution >= 4 is 11.8 Å². The van der Waals surface area contributed by atoms with Crippen LogP contribution >= 0.6 is 0 Å². The third kappa shape index (κ3) is 5.39. The van der Waals surface area contributed by atoms with E-state index in [2.05, 4.69) is 29.6 Å². The smallest absolute Gasteiger partial charge is 0.407 e. The van der Waals surface area contributed by atoms with Gasteiger partial charge in [-0.3, -0.25) is 0 Å². The Labute approximate surface area is 188 Å². The fourth-order valence-corrected chi connectivity index (χ4v) is 3.90. The van der Waals surface area contributed by atoms with Gasteiger partial charge in [-0.25, -0.2) is 4.79 Å². The summed E-state index contributed by atoms with van der Waals surface area (Å²) < 4.78 is 16.6. The normalized spacial score (nSPS) is 12.1. The second-order valence-corrected chi connectivity index (χ2v) is 7.64. The molecule has 1 amide bonds. The second-order valence-electron chi connectivity index (χ2n) is 7.64. The molecule has 3 N–H and O–H groups in total. The van der Waals surface area contributed by atoms with E-state index in [1.165, 1.54) is 22.3 Å². The zero-order valence-corrected chi connectivity index (χ0v) is 18.0. The topological polar surface area (TPSA) is 82.8 Å². The molecule has 6 heteroatoms. The van der Waals surface area contributed by atoms with E-state index in [0.717, 1.165) is 5.75 Å². The number of carbonyl (C=O) groups is 1. The van der Waals surface area contributed by atoms with Gasteiger partial charge in [-0.2, -0.15) is 0 Å². The van der Waals surface area contributed by atoms with E-state index >= 15 is 0 Å². The number of nitrogen functional groups attached to an aromatic ring is 1. The van der Waals surface area contributed by atoms with Crippen molar-refractivity contribution in [2.75, 3.05) is 38.7 Å². The number of anilines is 1. The minimum absolute atomic E-state index is 0.0672. The van der Waals surface area contributed by atoms with Crippen molar-refractivity contribution in [1.29, 1.82) is 0 Å². The molecule has 3 aromatic carbocycles. The van der Waals surface area contributed by atoms with E-state index in [4.69, 9.17) is 19.9 Å². The van der Waals surface area contributed by atoms with Crippen LogP contribution in [0, 0.1) is 0 Å². The lowest BCUT2D eigenvalue weighted by Gasteiger charge is -2.14. The van der Waals surface area contributed by atoms with E-state index in [1.807, 2.05) is 36.4 Å². The van der Waals surface area contributed by atoms with Crippen LogP contribution in [0.15, 0.2) is 72.8 Å². The molecule has 0 fully saturated rings. The van der Waals surface area contributed by atoms with E-state index in [0.29, 0.717) is 45.1 Å². The molecule has 4 rings (SSSR count). The van der Waals surface area contributed by atoms with Crippen molar-refractivity contribution in [3.05, 3.63) is 83.9 Å². The number of rotatable bonds is 10. The number of nitrogens with one attached hydrogen (secondary N) is 1. The number of fused-ring (bicyclic) bond motifs is 3. The molecule has 0 heterocycles. The number of hydrogen-bond donors (Lipinski definition) is 2. The first-order valence-electron chi connectivity index (χ1n) is 10.9. The van der Waals surface area contributed by atoms with Gasteiger partial charge in [-0.15, -0.1) is 0 Å². The molecule has 0 saturated heterocycles. The first-order chi connectivity index (χ1) is 15.7. The zero-order chi connectivity index (χ0) is 22.2. The molecule has 0 saturated carbocycles. The number of nitrogens with two attached hydrogens (primary N) is 1. The third-order valence-corrected chi connectivity index (χ3v) is 5.45. The van der Waals surface area contributed by atoms with Gasteiger partial charge in [-0.1, -0.05) is 48.5 Å². The van der Waals surface area contributed by atoms with Crippen molar-refractivity contribution in [3.8, 4) is 16.9 Å². The standard InChI is InChI=1S/C26H28N2O4/c27-19-10-12-20(13-11-19)31-17-16-30-15-5-14-28-26(29)32-18-25-23-8-3-1-6-21(23)22-7-2-4-9-24(22)25/h1-4,6-13,25H,5,14-18,27H2,(H,28,29). The van der Waals surface area contributed by atoms with Crippen LogP contribution in [0.2, 0.25) is 0 Å². The number of ether oxygens (including phenoxy) is 3. The summed E-state index contributed by atoms with van der Waals surface area (Å²) in [6.07, 6.45) is 0.296. The third-order valence-electron chi connectivity index (χ3n) is 5.45. The Morgan fingerprint density at radius 3 is 2.19 bits per heavy atom. The molecule has 32 heavy (non-hydrogen) atoms. The number of hydrogen-bond acceptors (Lipinski definition) is 5. The van der Waals surface area contributed by atoms with E-state index < -0.39 is 6.09 Å². The largest absolute Gasteiger partial charge is 0.491 e. The van der Waals surface area contributed by atoms with Crippen LogP contribution in [-0.4, -0.2) is 39.1 Å². The number of amides is 1. The Hall–Kier alpha value is -3.51. The van der Waals surface area contributed by atoms with Gasteiger partial charge in [-0.05, 0) is 52.9 Å². The highest BCUT2D eigenvalue weighted by atomic mass is 16.5. The summed E-state index contributed by atoms with van der Waals surface area (Å²) in [7, 11) is 0. The average Bonchev–Trinajstić information content (AvgIpc) is 3.14. The molecule has 0 bridgehead atoms. The van der Waals surface area contributed by atoms with E-state index in [1.54, 1.807) is 12.1 Å². The SMILES string of the molecule is Nc1ccc(OCCOCCCNC(=O)OCC2c3ccccc3-c3ccccc32)cc1. The molecule has 0 spiro atoms. The zero-order valence-electron chi connectivity index (χ0n) is 18.0. The fourth-order valence-electron chi connectivity index (χ4n) is 3.90. The van der Waals surface area contributed by atoms with Crippen molar-refractivity contribution < 1.29 is 19.0 Å². The van der Waals surface area contributed by atoms with Crippen LogP contribution in [0.1, 0.15) is 23.5 Å². The van der Waals surface area contributed by atoms with Gasteiger partial charge in [0.1, 0.15) is 19.0 Å². The molecule has 0 radical (unpaired) electrons. The molecule has 6 nitrogen and oxygen atoms in total. The summed E-state index contributed by atoms with van der Waals surface area (Å²) in [5.41, 5.74) is 11.2. The molecular formula is C26H28N2O4. The van der Waals surface area contributed by atoms with Crippen LogP contribution in [0.5, 0.6) is 5.75 Å². The van der Waals surface area contributed by atoms with Gasteiger partial charge < -0.3 is 25.3 Å². The molecule has 0 aromatic heterocycles. The monoisotopic (exact) mass is 432 g/mol. The van der Waals surface area contributed by atoms with Crippen LogP contribution in [-0.2, 0) is 9.47 Å². The predicted octanol–water partition coefficient (Wildman–Crippen LogP) is 4.59. The Morgan fingerprint density at radius 1 is 0.844 bits per heavy atom. The highest BCUT2D eigenvalue weighted by Crippen LogP contribution is 2.44. The minimum Gasteiger partial charge on any atom is -0.491 e. The maximum absolute atomic E-state index is 12.1. The Kier molecular flexibility index (Phi) is 7.25. The highest BCUT2D eigenvalue weighted by Gasteiger charge is 2.28. The molecule has 166 valence electrons. The highest BCUT2D eigenvalue weighted by molar-refractivity contribution is 5.79. The Bertz CT molecular complexity index is 991. The predicted molar refractivity (Wildman–Crippen MR) is 125 cm³/mol. The van der Waals surface area contributed by atoms with Crippen molar-refractivity contribution in [2.24, 2.45) is 0 Å². The van der Waals surface area contributed by atoms with Gasteiger partial charge in [0.15, 0.2) is 0 Å². The summed E-state index contributed by atoms with van der Waals surface area (Å²) >= 11 is 0. The van der Waals surface area contributed by atoms with E-state index in [-0.39, 0.29) is 5.92 Å². The number of benzene rings is 3. The van der Waals surface area contributed by atoms with Crippen LogP contribution in [0.3, 0.4) is 0 Å². The molecule has 1 aliphatic carbocycles. The lowest BCUT2D eigenvalue weighted by Crippen LogP contribution is -2.27. The Morgan fingerprint density at radius 2 is 1.50 bits per heavy atom. The quantitative estimate of drug-likeness (QED) is 0.362. The summed E-state index contributed by atoms with van der Waals surface area (Å²) in [6, 6.07) is 23.8. The molecular weight excluding hydrogens is 404 g/mol. The average molecular weight is 433 g/mol. The first kappa shape index (κ1) is 21.7. The summed E-state index contributed by atoms with van der Waals surface area (Å²) in [6.45, 7) is 2.29. The summed E-state index contributed by atoms with van der Waals surface area (Å²) in [4.78, 5) is 12.1. The van der Waals surface area contributed by atoms with Crippen LogP contribution in [0.25, 0.3) is 11.1 Å². The molecule has 0 unspecified atom stereocenters. The second kappa shape index (κ2) is 10.7. The maximum atomic E-state index is 12.1. The Balaban J connectivity index is 1.11. The molecule has 3 aromatic rings. The molecule has 1 aliphatic rings. The molecule has 0 atom stereocenters. The van der Waals surface area contributed by atoms with E-state index in [9.17, 15) is 4.79 Å². The van der Waals surface area contributed by atoms with Crippen LogP contribution in [0.4, 0.5) is 10.5 Å². The minimum atomic E-state index is -0.404. The van der Waals surface area contributed by atoms with Gasteiger partial charge in [0, 0.05) is 24.8 Å². The first-order valence-corrected chi connectivity index (χ1v) is 10.9. The lowest BCUT2D eigenvalue weighted by atomic mass is 9.98. The number of alkyl carbamates (subject to hydrolysis) is 1.